The van der Waals surface area contributed by atoms with Crippen LogP contribution in [0.3, 0.4) is 0 Å². The molecule has 0 aliphatic rings. The van der Waals surface area contributed by atoms with E-state index in [0.717, 1.165) is 6.42 Å². The number of nitrogens with one attached hydrogen (secondary N) is 1. The first kappa shape index (κ1) is 11.2. The molecule has 1 rings (SSSR count). The maximum absolute atomic E-state index is 5.53. The van der Waals surface area contributed by atoms with Crippen LogP contribution < -0.4 is 11.3 Å². The van der Waals surface area contributed by atoms with E-state index in [1.165, 1.54) is 24.0 Å². The van der Waals surface area contributed by atoms with E-state index >= 15 is 0 Å². The van der Waals surface area contributed by atoms with Gasteiger partial charge >= 0.3 is 0 Å². The van der Waals surface area contributed by atoms with Crippen LogP contribution in [0.1, 0.15) is 43.4 Å². The number of hydrazine groups is 1. The van der Waals surface area contributed by atoms with E-state index < -0.39 is 0 Å². The van der Waals surface area contributed by atoms with E-state index in [0.29, 0.717) is 6.04 Å². The lowest BCUT2D eigenvalue weighted by Gasteiger charge is -2.15. The minimum absolute atomic E-state index is 0.301. The highest BCUT2D eigenvalue weighted by Gasteiger charge is 2.07. The van der Waals surface area contributed by atoms with Crippen LogP contribution in [0.15, 0.2) is 24.3 Å². The zero-order valence-corrected chi connectivity index (χ0v) is 9.09. The summed E-state index contributed by atoms with van der Waals surface area (Å²) < 4.78 is 0. The third kappa shape index (κ3) is 3.13. The van der Waals surface area contributed by atoms with Gasteiger partial charge in [-0.2, -0.15) is 0 Å². The second kappa shape index (κ2) is 5.78. The van der Waals surface area contributed by atoms with Crippen LogP contribution in [-0.4, -0.2) is 0 Å². The fraction of sp³-hybridized carbons (Fsp3) is 0.500. The van der Waals surface area contributed by atoms with Crippen molar-refractivity contribution in [2.24, 2.45) is 5.84 Å². The minimum atomic E-state index is 0.301. The Morgan fingerprint density at radius 1 is 1.29 bits per heavy atom. The van der Waals surface area contributed by atoms with Gasteiger partial charge in [0, 0.05) is 6.04 Å². The molecule has 0 amide bonds. The maximum Gasteiger partial charge on any atom is 0.0460 e. The van der Waals surface area contributed by atoms with Gasteiger partial charge in [0.2, 0.25) is 0 Å². The summed E-state index contributed by atoms with van der Waals surface area (Å²) in [5, 5.41) is 0. The molecule has 1 aromatic carbocycles. The molecular weight excluding hydrogens is 172 g/mol. The average molecular weight is 192 g/mol. The van der Waals surface area contributed by atoms with Crippen LogP contribution in [0.25, 0.3) is 0 Å². The van der Waals surface area contributed by atoms with Gasteiger partial charge in [0.1, 0.15) is 0 Å². The lowest BCUT2D eigenvalue weighted by Crippen LogP contribution is -2.27. The summed E-state index contributed by atoms with van der Waals surface area (Å²) >= 11 is 0. The standard InChI is InChI=1S/C12H20N2/c1-3-4-5-12(14-13)11-8-6-10(2)7-9-11/h6-9,12,14H,3-5,13H2,1-2H3. The Morgan fingerprint density at radius 3 is 2.43 bits per heavy atom. The first-order valence-electron chi connectivity index (χ1n) is 5.30. The Hall–Kier alpha value is -0.860. The monoisotopic (exact) mass is 192 g/mol. The van der Waals surface area contributed by atoms with Crippen molar-refractivity contribution in [1.29, 1.82) is 0 Å². The first-order chi connectivity index (χ1) is 6.77. The van der Waals surface area contributed by atoms with E-state index in [4.69, 9.17) is 5.84 Å². The molecule has 0 saturated heterocycles. The molecule has 1 unspecified atom stereocenters. The average Bonchev–Trinajstić information content (AvgIpc) is 2.21. The zero-order valence-electron chi connectivity index (χ0n) is 9.09. The second-order valence-electron chi connectivity index (χ2n) is 3.77. The number of aryl methyl sites for hydroxylation is 1. The molecule has 2 nitrogen and oxygen atoms in total. The molecule has 0 spiro atoms. The number of hydrogen-bond acceptors (Lipinski definition) is 2. The molecule has 0 aromatic heterocycles. The number of hydrogen-bond donors (Lipinski definition) is 2. The SMILES string of the molecule is CCCCC(NN)c1ccc(C)cc1. The maximum atomic E-state index is 5.53. The summed E-state index contributed by atoms with van der Waals surface area (Å²) in [7, 11) is 0. The molecule has 2 heteroatoms. The quantitative estimate of drug-likeness (QED) is 0.556. The highest BCUT2D eigenvalue weighted by molar-refractivity contribution is 5.23. The normalized spacial score (nSPS) is 12.8. The summed E-state index contributed by atoms with van der Waals surface area (Å²) in [5.41, 5.74) is 5.45. The first-order valence-corrected chi connectivity index (χ1v) is 5.30. The summed E-state index contributed by atoms with van der Waals surface area (Å²) in [6.07, 6.45) is 3.53. The molecule has 0 aliphatic carbocycles. The van der Waals surface area contributed by atoms with Gasteiger partial charge in [-0.25, -0.2) is 0 Å². The van der Waals surface area contributed by atoms with Gasteiger partial charge in [0.25, 0.3) is 0 Å². The molecular formula is C12H20N2. The Labute approximate surface area is 86.5 Å². The van der Waals surface area contributed by atoms with Crippen LogP contribution in [0.2, 0.25) is 0 Å². The van der Waals surface area contributed by atoms with Gasteiger partial charge in [-0.05, 0) is 18.9 Å². The van der Waals surface area contributed by atoms with Gasteiger partial charge in [-0.15, -0.1) is 0 Å². The van der Waals surface area contributed by atoms with Crippen molar-refractivity contribution in [2.75, 3.05) is 0 Å². The third-order valence-electron chi connectivity index (χ3n) is 2.53. The smallest absolute Gasteiger partial charge is 0.0460 e. The van der Waals surface area contributed by atoms with Crippen LogP contribution in [-0.2, 0) is 0 Å². The van der Waals surface area contributed by atoms with Crippen molar-refractivity contribution in [1.82, 2.24) is 5.43 Å². The molecule has 0 radical (unpaired) electrons. The number of unbranched alkanes of at least 4 members (excludes halogenated alkanes) is 1. The van der Waals surface area contributed by atoms with E-state index in [-0.39, 0.29) is 0 Å². The van der Waals surface area contributed by atoms with E-state index in [1.807, 2.05) is 0 Å². The highest BCUT2D eigenvalue weighted by atomic mass is 15.2. The predicted molar refractivity (Wildman–Crippen MR) is 60.8 cm³/mol. The summed E-state index contributed by atoms with van der Waals surface area (Å²) in [4.78, 5) is 0. The Bertz CT molecular complexity index is 254. The van der Waals surface area contributed by atoms with Crippen LogP contribution in [0.4, 0.5) is 0 Å². The molecule has 0 saturated carbocycles. The molecule has 0 fully saturated rings. The van der Waals surface area contributed by atoms with Crippen LogP contribution >= 0.6 is 0 Å². The Balaban J connectivity index is 2.64. The van der Waals surface area contributed by atoms with Crippen LogP contribution in [0.5, 0.6) is 0 Å². The van der Waals surface area contributed by atoms with Crippen molar-refractivity contribution in [2.45, 2.75) is 39.2 Å². The topological polar surface area (TPSA) is 38.0 Å². The van der Waals surface area contributed by atoms with E-state index in [1.54, 1.807) is 0 Å². The van der Waals surface area contributed by atoms with Gasteiger partial charge in [0.05, 0.1) is 0 Å². The molecule has 3 N–H and O–H groups in total. The third-order valence-corrected chi connectivity index (χ3v) is 2.53. The largest absolute Gasteiger partial charge is 0.271 e. The molecule has 0 heterocycles. The van der Waals surface area contributed by atoms with Gasteiger partial charge in [-0.3, -0.25) is 11.3 Å². The number of nitrogens with two attached hydrogens (primary N) is 1. The van der Waals surface area contributed by atoms with E-state index in [2.05, 4.69) is 43.5 Å². The predicted octanol–water partition coefficient (Wildman–Crippen LogP) is 2.69. The Morgan fingerprint density at radius 2 is 1.93 bits per heavy atom. The lowest BCUT2D eigenvalue weighted by molar-refractivity contribution is 0.495. The second-order valence-corrected chi connectivity index (χ2v) is 3.77. The van der Waals surface area contributed by atoms with Crippen molar-refractivity contribution in [3.05, 3.63) is 35.4 Å². The minimum Gasteiger partial charge on any atom is -0.271 e. The van der Waals surface area contributed by atoms with Crippen molar-refractivity contribution >= 4 is 0 Å². The molecule has 0 aliphatic heterocycles. The fourth-order valence-corrected chi connectivity index (χ4v) is 1.55. The summed E-state index contributed by atoms with van der Waals surface area (Å²) in [5.74, 6) is 5.53. The van der Waals surface area contributed by atoms with Gasteiger partial charge < -0.3 is 0 Å². The Kier molecular flexibility index (Phi) is 4.63. The van der Waals surface area contributed by atoms with E-state index in [9.17, 15) is 0 Å². The number of rotatable bonds is 5. The summed E-state index contributed by atoms with van der Waals surface area (Å²) in [6, 6.07) is 8.86. The molecule has 14 heavy (non-hydrogen) atoms. The summed E-state index contributed by atoms with van der Waals surface area (Å²) in [6.45, 7) is 4.30. The fourth-order valence-electron chi connectivity index (χ4n) is 1.55. The van der Waals surface area contributed by atoms with Gasteiger partial charge in [-0.1, -0.05) is 49.6 Å². The van der Waals surface area contributed by atoms with Crippen molar-refractivity contribution in [3.63, 3.8) is 0 Å². The van der Waals surface area contributed by atoms with Crippen LogP contribution in [0, 0.1) is 6.92 Å². The molecule has 1 aromatic rings. The lowest BCUT2D eigenvalue weighted by atomic mass is 10.0. The molecule has 1 atom stereocenters. The van der Waals surface area contributed by atoms with Gasteiger partial charge in [0.15, 0.2) is 0 Å². The highest BCUT2D eigenvalue weighted by Crippen LogP contribution is 2.18. The number of benzene rings is 1. The molecule has 78 valence electrons. The van der Waals surface area contributed by atoms with Crippen molar-refractivity contribution in [3.8, 4) is 0 Å². The van der Waals surface area contributed by atoms with Crippen molar-refractivity contribution < 1.29 is 0 Å². The molecule has 0 bridgehead atoms. The zero-order chi connectivity index (χ0) is 10.4.